The summed E-state index contributed by atoms with van der Waals surface area (Å²) < 4.78 is 4.84. The maximum absolute atomic E-state index is 11.6. The Morgan fingerprint density at radius 3 is 3.00 bits per heavy atom. The van der Waals surface area contributed by atoms with Crippen LogP contribution in [0.25, 0.3) is 0 Å². The van der Waals surface area contributed by atoms with Crippen LogP contribution in [0.3, 0.4) is 0 Å². The number of fused-ring (bicyclic) bond motifs is 1. The number of anilines is 1. The van der Waals surface area contributed by atoms with E-state index in [1.807, 2.05) is 19.1 Å². The molecule has 3 nitrogen and oxygen atoms in total. The highest BCUT2D eigenvalue weighted by atomic mass is 16.5. The smallest absolute Gasteiger partial charge is 0.308 e. The van der Waals surface area contributed by atoms with Crippen LogP contribution in [-0.4, -0.2) is 13.1 Å². The van der Waals surface area contributed by atoms with Gasteiger partial charge in [-0.2, -0.15) is 0 Å². The third-order valence-corrected chi connectivity index (χ3v) is 3.70. The molecule has 2 rings (SSSR count). The van der Waals surface area contributed by atoms with Crippen molar-refractivity contribution in [2.45, 2.75) is 32.1 Å². The largest absolute Gasteiger partial charge is 0.469 e. The Balaban J connectivity index is 2.31. The minimum atomic E-state index is -0.125. The molecule has 0 fully saturated rings. The lowest BCUT2D eigenvalue weighted by Gasteiger charge is -2.29. The van der Waals surface area contributed by atoms with Gasteiger partial charge in [0, 0.05) is 5.69 Å². The van der Waals surface area contributed by atoms with Crippen LogP contribution in [0.2, 0.25) is 0 Å². The van der Waals surface area contributed by atoms with Crippen LogP contribution in [-0.2, 0) is 16.0 Å². The maximum atomic E-state index is 11.6. The number of carbonyl (C=O) groups is 1. The molecule has 1 aromatic rings. The van der Waals surface area contributed by atoms with Crippen molar-refractivity contribution in [3.8, 4) is 0 Å². The number of aryl methyl sites for hydroxylation is 1. The van der Waals surface area contributed by atoms with E-state index in [0.717, 1.165) is 24.9 Å². The second kappa shape index (κ2) is 4.78. The molecule has 2 atom stereocenters. The van der Waals surface area contributed by atoms with E-state index in [1.54, 1.807) is 0 Å². The predicted molar refractivity (Wildman–Crippen MR) is 67.7 cm³/mol. The Labute approximate surface area is 102 Å². The van der Waals surface area contributed by atoms with E-state index in [9.17, 15) is 4.79 Å². The van der Waals surface area contributed by atoms with Gasteiger partial charge in [0.2, 0.25) is 0 Å². The first kappa shape index (κ1) is 12.0. The zero-order valence-electron chi connectivity index (χ0n) is 10.4. The fraction of sp³-hybridized carbons (Fsp3) is 0.500. The summed E-state index contributed by atoms with van der Waals surface area (Å²) in [6.07, 6.45) is 3.22. The molecular formula is C14H19NO2. The number of hydrogen-bond donors (Lipinski definition) is 1. The number of hydrogen-bond acceptors (Lipinski definition) is 3. The molecule has 0 bridgehead atoms. The van der Waals surface area contributed by atoms with E-state index in [2.05, 4.69) is 6.07 Å². The third kappa shape index (κ3) is 2.28. The Kier molecular flexibility index (Phi) is 3.36. The summed E-state index contributed by atoms with van der Waals surface area (Å²) in [6, 6.07) is 6.01. The SMILES string of the molecule is COC(=O)C(C)C1CCCc2cc(N)ccc21. The second-order valence-corrected chi connectivity index (χ2v) is 4.77. The van der Waals surface area contributed by atoms with Crippen LogP contribution >= 0.6 is 0 Å². The number of carbonyl (C=O) groups excluding carboxylic acids is 1. The highest BCUT2D eigenvalue weighted by molar-refractivity contribution is 5.73. The highest BCUT2D eigenvalue weighted by Gasteiger charge is 2.29. The lowest BCUT2D eigenvalue weighted by Crippen LogP contribution is -2.24. The monoisotopic (exact) mass is 233 g/mol. The van der Waals surface area contributed by atoms with Gasteiger partial charge in [0.1, 0.15) is 0 Å². The van der Waals surface area contributed by atoms with E-state index in [4.69, 9.17) is 10.5 Å². The molecule has 0 radical (unpaired) electrons. The van der Waals surface area contributed by atoms with Gasteiger partial charge in [0.05, 0.1) is 13.0 Å². The van der Waals surface area contributed by atoms with E-state index < -0.39 is 0 Å². The van der Waals surface area contributed by atoms with Gasteiger partial charge in [-0.3, -0.25) is 4.79 Å². The van der Waals surface area contributed by atoms with Gasteiger partial charge in [-0.05, 0) is 48.4 Å². The van der Waals surface area contributed by atoms with E-state index in [1.165, 1.54) is 18.2 Å². The van der Waals surface area contributed by atoms with Gasteiger partial charge in [-0.25, -0.2) is 0 Å². The van der Waals surface area contributed by atoms with Crippen LogP contribution in [0.15, 0.2) is 18.2 Å². The van der Waals surface area contributed by atoms with Crippen molar-refractivity contribution in [3.63, 3.8) is 0 Å². The molecule has 1 aliphatic rings. The van der Waals surface area contributed by atoms with Gasteiger partial charge in [0.15, 0.2) is 0 Å². The molecule has 0 spiro atoms. The normalized spacial score (nSPS) is 20.5. The van der Waals surface area contributed by atoms with Gasteiger partial charge >= 0.3 is 5.97 Å². The van der Waals surface area contributed by atoms with Gasteiger partial charge < -0.3 is 10.5 Å². The van der Waals surface area contributed by atoms with Gasteiger partial charge in [-0.15, -0.1) is 0 Å². The Bertz CT molecular complexity index is 428. The van der Waals surface area contributed by atoms with Crippen molar-refractivity contribution in [3.05, 3.63) is 29.3 Å². The first-order chi connectivity index (χ1) is 8.13. The first-order valence-electron chi connectivity index (χ1n) is 6.09. The average Bonchev–Trinajstić information content (AvgIpc) is 2.35. The third-order valence-electron chi connectivity index (χ3n) is 3.70. The maximum Gasteiger partial charge on any atom is 0.308 e. The molecule has 2 N–H and O–H groups in total. The van der Waals surface area contributed by atoms with Gasteiger partial charge in [-0.1, -0.05) is 13.0 Å². The van der Waals surface area contributed by atoms with Crippen LogP contribution in [0, 0.1) is 5.92 Å². The summed E-state index contributed by atoms with van der Waals surface area (Å²) in [5.74, 6) is 0.0640. The topological polar surface area (TPSA) is 52.3 Å². The molecule has 0 amide bonds. The average molecular weight is 233 g/mol. The first-order valence-corrected chi connectivity index (χ1v) is 6.09. The number of ether oxygens (including phenoxy) is 1. The number of benzene rings is 1. The molecule has 0 saturated heterocycles. The number of rotatable bonds is 2. The zero-order valence-corrected chi connectivity index (χ0v) is 10.4. The van der Waals surface area contributed by atoms with Gasteiger partial charge in [0.25, 0.3) is 0 Å². The van der Waals surface area contributed by atoms with Crippen molar-refractivity contribution < 1.29 is 9.53 Å². The standard InChI is InChI=1S/C14H19NO2/c1-9(14(16)17-2)12-5-3-4-10-8-11(15)6-7-13(10)12/h6-9,12H,3-5,15H2,1-2H3. The summed E-state index contributed by atoms with van der Waals surface area (Å²) >= 11 is 0. The van der Waals surface area contributed by atoms with Crippen molar-refractivity contribution >= 4 is 11.7 Å². The van der Waals surface area contributed by atoms with Crippen molar-refractivity contribution in [1.82, 2.24) is 0 Å². The van der Waals surface area contributed by atoms with Crippen molar-refractivity contribution in [2.24, 2.45) is 5.92 Å². The molecule has 17 heavy (non-hydrogen) atoms. The summed E-state index contributed by atoms with van der Waals surface area (Å²) in [7, 11) is 1.45. The molecule has 0 heterocycles. The molecule has 2 unspecified atom stereocenters. The Morgan fingerprint density at radius 1 is 1.53 bits per heavy atom. The van der Waals surface area contributed by atoms with Crippen LogP contribution in [0.5, 0.6) is 0 Å². The molecule has 92 valence electrons. The lowest BCUT2D eigenvalue weighted by molar-refractivity contribution is -0.145. The molecule has 3 heteroatoms. The molecule has 1 aromatic carbocycles. The molecule has 1 aliphatic carbocycles. The molecule has 0 saturated carbocycles. The summed E-state index contributed by atoms with van der Waals surface area (Å²) in [5, 5.41) is 0. The van der Waals surface area contributed by atoms with E-state index in [0.29, 0.717) is 0 Å². The summed E-state index contributed by atoms with van der Waals surface area (Å²) in [4.78, 5) is 11.6. The minimum Gasteiger partial charge on any atom is -0.469 e. The number of methoxy groups -OCH3 is 1. The van der Waals surface area contributed by atoms with E-state index >= 15 is 0 Å². The predicted octanol–water partition coefficient (Wildman–Crippen LogP) is 2.50. The second-order valence-electron chi connectivity index (χ2n) is 4.77. The zero-order chi connectivity index (χ0) is 12.4. The van der Waals surface area contributed by atoms with Crippen molar-refractivity contribution in [1.29, 1.82) is 0 Å². The fourth-order valence-corrected chi connectivity index (χ4v) is 2.74. The fourth-order valence-electron chi connectivity index (χ4n) is 2.74. The van der Waals surface area contributed by atoms with Crippen LogP contribution < -0.4 is 5.73 Å². The quantitative estimate of drug-likeness (QED) is 0.630. The summed E-state index contributed by atoms with van der Waals surface area (Å²) in [5.41, 5.74) is 9.15. The minimum absolute atomic E-state index is 0.0809. The number of nitrogen functional groups attached to an aromatic ring is 1. The van der Waals surface area contributed by atoms with Crippen LogP contribution in [0.4, 0.5) is 5.69 Å². The van der Waals surface area contributed by atoms with Crippen LogP contribution in [0.1, 0.15) is 36.8 Å². The number of esters is 1. The summed E-state index contributed by atoms with van der Waals surface area (Å²) in [6.45, 7) is 1.95. The Hall–Kier alpha value is -1.51. The molecule has 0 aromatic heterocycles. The van der Waals surface area contributed by atoms with E-state index in [-0.39, 0.29) is 17.8 Å². The highest BCUT2D eigenvalue weighted by Crippen LogP contribution is 2.37. The lowest BCUT2D eigenvalue weighted by atomic mass is 9.76. The Morgan fingerprint density at radius 2 is 2.29 bits per heavy atom. The number of nitrogens with two attached hydrogens (primary N) is 1. The van der Waals surface area contributed by atoms with Crippen molar-refractivity contribution in [2.75, 3.05) is 12.8 Å². The molecule has 0 aliphatic heterocycles. The molecular weight excluding hydrogens is 214 g/mol.